The van der Waals surface area contributed by atoms with E-state index in [1.54, 1.807) is 25.3 Å². The Labute approximate surface area is 158 Å². The molecule has 1 amide bonds. The number of thioether (sulfide) groups is 1. The lowest BCUT2D eigenvalue weighted by Gasteiger charge is -2.03. The number of carbonyl (C=O) groups excluding carboxylic acids is 1. The average molecular weight is 389 g/mol. The lowest BCUT2D eigenvalue weighted by Crippen LogP contribution is -2.14. The van der Waals surface area contributed by atoms with Crippen molar-refractivity contribution in [3.05, 3.63) is 59.9 Å². The molecular weight excluding hydrogens is 373 g/mol. The maximum atomic E-state index is 13.5. The van der Waals surface area contributed by atoms with E-state index in [2.05, 4.69) is 15.5 Å². The van der Waals surface area contributed by atoms with Crippen molar-refractivity contribution in [2.75, 3.05) is 18.2 Å². The molecule has 0 fully saturated rings. The quantitative estimate of drug-likeness (QED) is 0.655. The van der Waals surface area contributed by atoms with Gasteiger partial charge in [0.2, 0.25) is 11.0 Å². The zero-order valence-corrected chi connectivity index (χ0v) is 15.6. The van der Waals surface area contributed by atoms with Crippen LogP contribution in [0.25, 0.3) is 10.6 Å². The first-order valence-electron chi connectivity index (χ1n) is 7.74. The van der Waals surface area contributed by atoms with Crippen LogP contribution in [-0.4, -0.2) is 29.0 Å². The summed E-state index contributed by atoms with van der Waals surface area (Å²) in [6.07, 6.45) is 0. The van der Waals surface area contributed by atoms with Gasteiger partial charge in [0.1, 0.15) is 16.6 Å². The largest absolute Gasteiger partial charge is 0.497 e. The second-order valence-corrected chi connectivity index (χ2v) is 7.24. The molecular formula is C18H16FN3O2S2. The van der Waals surface area contributed by atoms with E-state index < -0.39 is 0 Å². The minimum Gasteiger partial charge on any atom is -0.497 e. The number of anilines is 1. The molecule has 1 N–H and O–H groups in total. The number of benzene rings is 2. The zero-order chi connectivity index (χ0) is 18.4. The summed E-state index contributed by atoms with van der Waals surface area (Å²) in [5.41, 5.74) is 1.49. The Morgan fingerprint density at radius 2 is 1.96 bits per heavy atom. The van der Waals surface area contributed by atoms with Gasteiger partial charge in [-0.2, -0.15) is 0 Å². The molecule has 1 aromatic heterocycles. The van der Waals surface area contributed by atoms with Gasteiger partial charge in [-0.05, 0) is 35.9 Å². The highest BCUT2D eigenvalue weighted by molar-refractivity contribution is 7.99. The number of halogens is 1. The highest BCUT2D eigenvalue weighted by atomic mass is 32.2. The Balaban J connectivity index is 1.51. The van der Waals surface area contributed by atoms with Crippen molar-refractivity contribution in [3.8, 4) is 16.3 Å². The first-order valence-corrected chi connectivity index (χ1v) is 9.72. The number of amides is 1. The molecule has 3 aromatic rings. The van der Waals surface area contributed by atoms with E-state index in [0.717, 1.165) is 11.3 Å². The first kappa shape index (κ1) is 18.3. The molecule has 0 aliphatic carbocycles. The van der Waals surface area contributed by atoms with Crippen LogP contribution >= 0.6 is 23.1 Å². The van der Waals surface area contributed by atoms with Crippen LogP contribution in [0.1, 0.15) is 5.56 Å². The van der Waals surface area contributed by atoms with E-state index in [1.165, 1.54) is 29.2 Å². The molecule has 0 aliphatic heterocycles. The Morgan fingerprint density at radius 3 is 2.69 bits per heavy atom. The third kappa shape index (κ3) is 4.80. The second-order valence-electron chi connectivity index (χ2n) is 5.27. The molecule has 0 saturated heterocycles. The van der Waals surface area contributed by atoms with Crippen LogP contribution in [0.2, 0.25) is 0 Å². The highest BCUT2D eigenvalue weighted by Gasteiger charge is 2.10. The van der Waals surface area contributed by atoms with Crippen molar-refractivity contribution < 1.29 is 13.9 Å². The fraction of sp³-hybridized carbons (Fsp3) is 0.167. The van der Waals surface area contributed by atoms with Crippen molar-refractivity contribution in [1.82, 2.24) is 10.2 Å². The Bertz CT molecular complexity index is 884. The molecule has 0 spiro atoms. The normalized spacial score (nSPS) is 10.5. The van der Waals surface area contributed by atoms with Gasteiger partial charge in [-0.3, -0.25) is 10.1 Å². The fourth-order valence-corrected chi connectivity index (χ4v) is 3.73. The highest BCUT2D eigenvalue weighted by Crippen LogP contribution is 2.27. The fourth-order valence-electron chi connectivity index (χ4n) is 2.15. The van der Waals surface area contributed by atoms with Gasteiger partial charge in [0.15, 0.2) is 0 Å². The van der Waals surface area contributed by atoms with E-state index >= 15 is 0 Å². The van der Waals surface area contributed by atoms with E-state index in [-0.39, 0.29) is 17.5 Å². The van der Waals surface area contributed by atoms with Crippen LogP contribution in [0.3, 0.4) is 0 Å². The van der Waals surface area contributed by atoms with Gasteiger partial charge in [-0.25, -0.2) is 4.39 Å². The molecule has 5 nitrogen and oxygen atoms in total. The number of ether oxygens (including phenoxy) is 1. The smallest absolute Gasteiger partial charge is 0.236 e. The number of rotatable bonds is 7. The van der Waals surface area contributed by atoms with Crippen molar-refractivity contribution in [2.24, 2.45) is 0 Å². The summed E-state index contributed by atoms with van der Waals surface area (Å²) in [5.74, 6) is 0.968. The minimum atomic E-state index is -0.256. The van der Waals surface area contributed by atoms with Gasteiger partial charge in [0.25, 0.3) is 0 Å². The molecule has 0 atom stereocenters. The van der Waals surface area contributed by atoms with E-state index in [1.807, 2.05) is 24.3 Å². The summed E-state index contributed by atoms with van der Waals surface area (Å²) in [7, 11) is 1.61. The van der Waals surface area contributed by atoms with Crippen molar-refractivity contribution in [2.45, 2.75) is 5.75 Å². The number of aromatic nitrogens is 2. The van der Waals surface area contributed by atoms with Crippen LogP contribution in [0.4, 0.5) is 9.52 Å². The number of hydrogen-bond acceptors (Lipinski definition) is 6. The van der Waals surface area contributed by atoms with Gasteiger partial charge >= 0.3 is 0 Å². The first-order chi connectivity index (χ1) is 12.7. The maximum Gasteiger partial charge on any atom is 0.236 e. The summed E-state index contributed by atoms with van der Waals surface area (Å²) in [5, 5.41) is 12.0. The topological polar surface area (TPSA) is 64.1 Å². The molecule has 3 rings (SSSR count). The Hall–Kier alpha value is -2.45. The lowest BCUT2D eigenvalue weighted by molar-refractivity contribution is -0.113. The summed E-state index contributed by atoms with van der Waals surface area (Å²) >= 11 is 2.64. The number of hydrogen-bond donors (Lipinski definition) is 1. The predicted octanol–water partition coefficient (Wildman–Crippen LogP) is 4.22. The number of carbonyl (C=O) groups is 1. The van der Waals surface area contributed by atoms with Gasteiger partial charge in [0.05, 0.1) is 12.9 Å². The Kier molecular flexibility index (Phi) is 6.19. The van der Waals surface area contributed by atoms with Crippen LogP contribution in [0.15, 0.2) is 48.5 Å². The molecule has 0 radical (unpaired) electrons. The van der Waals surface area contributed by atoms with Crippen LogP contribution in [-0.2, 0) is 10.5 Å². The van der Waals surface area contributed by atoms with E-state index in [4.69, 9.17) is 4.74 Å². The SMILES string of the molecule is COc1ccc(-c2nnc(NC(=O)CSCc3ccccc3F)s2)cc1. The van der Waals surface area contributed by atoms with Gasteiger partial charge in [-0.15, -0.1) is 22.0 Å². The number of nitrogens with zero attached hydrogens (tertiary/aromatic N) is 2. The summed E-state index contributed by atoms with van der Waals surface area (Å²) < 4.78 is 18.7. The number of methoxy groups -OCH3 is 1. The van der Waals surface area contributed by atoms with Crippen LogP contribution < -0.4 is 10.1 Å². The summed E-state index contributed by atoms with van der Waals surface area (Å²) in [6, 6.07) is 14.0. The van der Waals surface area contributed by atoms with Crippen molar-refractivity contribution >= 4 is 34.1 Å². The molecule has 26 heavy (non-hydrogen) atoms. The molecule has 0 bridgehead atoms. The lowest BCUT2D eigenvalue weighted by atomic mass is 10.2. The van der Waals surface area contributed by atoms with E-state index in [0.29, 0.717) is 21.5 Å². The third-order valence-corrected chi connectivity index (χ3v) is 5.33. The standard InChI is InChI=1S/C18H16FN3O2S2/c1-24-14-8-6-12(7-9-14)17-21-22-18(26-17)20-16(23)11-25-10-13-4-2-3-5-15(13)19/h2-9H,10-11H2,1H3,(H,20,22,23). The van der Waals surface area contributed by atoms with Crippen molar-refractivity contribution in [1.29, 1.82) is 0 Å². The maximum absolute atomic E-state index is 13.5. The molecule has 0 saturated carbocycles. The zero-order valence-electron chi connectivity index (χ0n) is 13.9. The Morgan fingerprint density at radius 1 is 1.19 bits per heavy atom. The molecule has 2 aromatic carbocycles. The van der Waals surface area contributed by atoms with Gasteiger partial charge in [0, 0.05) is 11.3 Å². The summed E-state index contributed by atoms with van der Waals surface area (Å²) in [6.45, 7) is 0. The van der Waals surface area contributed by atoms with Gasteiger partial charge in [-0.1, -0.05) is 29.5 Å². The summed E-state index contributed by atoms with van der Waals surface area (Å²) in [4.78, 5) is 12.0. The van der Waals surface area contributed by atoms with Gasteiger partial charge < -0.3 is 4.74 Å². The predicted molar refractivity (Wildman–Crippen MR) is 103 cm³/mol. The van der Waals surface area contributed by atoms with Crippen molar-refractivity contribution in [3.63, 3.8) is 0 Å². The third-order valence-electron chi connectivity index (χ3n) is 3.46. The molecule has 0 unspecified atom stereocenters. The van der Waals surface area contributed by atoms with Crippen LogP contribution in [0.5, 0.6) is 5.75 Å². The number of nitrogens with one attached hydrogen (secondary N) is 1. The molecule has 134 valence electrons. The van der Waals surface area contributed by atoms with Crippen LogP contribution in [0, 0.1) is 5.82 Å². The molecule has 0 aliphatic rings. The van der Waals surface area contributed by atoms with E-state index in [9.17, 15) is 9.18 Å². The molecule has 1 heterocycles. The second kappa shape index (κ2) is 8.77. The minimum absolute atomic E-state index is 0.191. The monoisotopic (exact) mass is 389 g/mol. The average Bonchev–Trinajstić information content (AvgIpc) is 3.12. The molecule has 8 heteroatoms.